The molecule has 2 N–H and O–H groups in total. The van der Waals surface area contributed by atoms with Crippen LogP contribution in [0.15, 0.2) is 28.8 Å². The zero-order valence-electron chi connectivity index (χ0n) is 8.01. The maximum atomic E-state index is 12.9. The predicted octanol–water partition coefficient (Wildman–Crippen LogP) is 3.29. The van der Waals surface area contributed by atoms with Crippen LogP contribution in [-0.4, -0.2) is 17.6 Å². The summed E-state index contributed by atoms with van der Waals surface area (Å²) in [6.07, 6.45) is 2.44. The molecule has 0 radical (unpaired) electrons. The maximum absolute atomic E-state index is 12.9. The van der Waals surface area contributed by atoms with E-state index in [0.717, 1.165) is 6.08 Å². The van der Waals surface area contributed by atoms with Gasteiger partial charge in [-0.05, 0) is 28.1 Å². The number of carbonyl (C=O) groups is 1. The van der Waals surface area contributed by atoms with Crippen molar-refractivity contribution in [2.75, 3.05) is 11.9 Å². The van der Waals surface area contributed by atoms with Crippen molar-refractivity contribution < 1.29 is 14.3 Å². The molecule has 0 spiro atoms. The van der Waals surface area contributed by atoms with Crippen LogP contribution in [0.25, 0.3) is 0 Å². The van der Waals surface area contributed by atoms with Gasteiger partial charge in [-0.3, -0.25) is 0 Å². The first-order valence-corrected chi connectivity index (χ1v) is 5.45. The minimum atomic E-state index is -1.02. The Morgan fingerprint density at radius 2 is 2.31 bits per heavy atom. The van der Waals surface area contributed by atoms with E-state index in [2.05, 4.69) is 21.2 Å². The molecule has 0 saturated heterocycles. The monoisotopic (exact) mass is 307 g/mol. The summed E-state index contributed by atoms with van der Waals surface area (Å²) in [6.45, 7) is 0.288. The summed E-state index contributed by atoms with van der Waals surface area (Å²) in [5.74, 6) is -1.46. The number of benzene rings is 1. The third-order valence-electron chi connectivity index (χ3n) is 1.66. The summed E-state index contributed by atoms with van der Waals surface area (Å²) in [7, 11) is 0. The second-order valence-electron chi connectivity index (χ2n) is 2.87. The average molecular weight is 309 g/mol. The topological polar surface area (TPSA) is 49.3 Å². The molecule has 0 saturated carbocycles. The fourth-order valence-electron chi connectivity index (χ4n) is 1.03. The first-order chi connectivity index (χ1) is 7.50. The number of nitrogens with one attached hydrogen (secondary N) is 1. The van der Waals surface area contributed by atoms with Crippen LogP contribution in [0.3, 0.4) is 0 Å². The molecule has 0 amide bonds. The number of carboxylic acids is 1. The number of carboxylic acid groups (broad SMARTS) is 1. The van der Waals surface area contributed by atoms with Gasteiger partial charge in [0.15, 0.2) is 0 Å². The van der Waals surface area contributed by atoms with Crippen LogP contribution in [0.1, 0.15) is 0 Å². The number of hydrogen-bond acceptors (Lipinski definition) is 2. The molecular weight excluding hydrogens is 300 g/mol. The first kappa shape index (κ1) is 13.0. The number of halogens is 3. The molecule has 0 atom stereocenters. The van der Waals surface area contributed by atoms with E-state index in [4.69, 9.17) is 16.7 Å². The van der Waals surface area contributed by atoms with Crippen molar-refractivity contribution in [1.29, 1.82) is 0 Å². The quantitative estimate of drug-likeness (QED) is 0.839. The lowest BCUT2D eigenvalue weighted by atomic mass is 10.3. The molecule has 0 aromatic heterocycles. The highest BCUT2D eigenvalue weighted by Gasteiger charge is 2.06. The second-order valence-corrected chi connectivity index (χ2v) is 4.13. The summed E-state index contributed by atoms with van der Waals surface area (Å²) in [6, 6.07) is 2.45. The minimum Gasteiger partial charge on any atom is -0.478 e. The number of hydrogen-bond donors (Lipinski definition) is 2. The average Bonchev–Trinajstić information content (AvgIpc) is 2.14. The molecule has 0 aliphatic carbocycles. The van der Waals surface area contributed by atoms with Crippen LogP contribution in [0.2, 0.25) is 5.02 Å². The Kier molecular flexibility index (Phi) is 4.76. The molecule has 6 heteroatoms. The minimum absolute atomic E-state index is 0.232. The highest BCUT2D eigenvalue weighted by atomic mass is 79.9. The molecule has 0 aliphatic rings. The van der Waals surface area contributed by atoms with Crippen molar-refractivity contribution in [2.24, 2.45) is 0 Å². The predicted molar refractivity (Wildman–Crippen MR) is 64.4 cm³/mol. The van der Waals surface area contributed by atoms with E-state index >= 15 is 0 Å². The SMILES string of the molecule is O=C(O)/C=C/CNc1c(Cl)cc(F)cc1Br. The van der Waals surface area contributed by atoms with E-state index in [1.54, 1.807) is 0 Å². The molecule has 1 aromatic rings. The van der Waals surface area contributed by atoms with Gasteiger partial charge in [-0.15, -0.1) is 0 Å². The van der Waals surface area contributed by atoms with Crippen molar-refractivity contribution in [3.63, 3.8) is 0 Å². The van der Waals surface area contributed by atoms with Gasteiger partial charge in [-0.2, -0.15) is 0 Å². The van der Waals surface area contributed by atoms with E-state index in [1.165, 1.54) is 18.2 Å². The summed E-state index contributed by atoms with van der Waals surface area (Å²) in [5.41, 5.74) is 0.526. The molecule has 1 aromatic carbocycles. The van der Waals surface area contributed by atoms with E-state index in [9.17, 15) is 9.18 Å². The van der Waals surface area contributed by atoms with Crippen LogP contribution < -0.4 is 5.32 Å². The smallest absolute Gasteiger partial charge is 0.328 e. The lowest BCUT2D eigenvalue weighted by Gasteiger charge is -2.08. The zero-order chi connectivity index (χ0) is 12.1. The Bertz CT molecular complexity index is 414. The van der Waals surface area contributed by atoms with E-state index in [1.807, 2.05) is 0 Å². The number of aliphatic carboxylic acids is 1. The molecule has 0 heterocycles. The largest absolute Gasteiger partial charge is 0.478 e. The Balaban J connectivity index is 2.71. The van der Waals surface area contributed by atoms with Gasteiger partial charge in [0.2, 0.25) is 0 Å². The van der Waals surface area contributed by atoms with Crippen molar-refractivity contribution in [1.82, 2.24) is 0 Å². The molecule has 0 bridgehead atoms. The molecule has 0 aliphatic heterocycles. The number of rotatable bonds is 4. The molecule has 0 unspecified atom stereocenters. The normalized spacial score (nSPS) is 10.7. The van der Waals surface area contributed by atoms with Crippen molar-refractivity contribution in [3.05, 3.63) is 39.6 Å². The van der Waals surface area contributed by atoms with Crippen LogP contribution in [0.4, 0.5) is 10.1 Å². The molecular formula is C10H8BrClFNO2. The summed E-state index contributed by atoms with van der Waals surface area (Å²) >= 11 is 8.95. The molecule has 3 nitrogen and oxygen atoms in total. The second kappa shape index (κ2) is 5.86. The number of anilines is 1. The molecule has 1 rings (SSSR count). The van der Waals surface area contributed by atoms with Crippen LogP contribution in [0, 0.1) is 5.82 Å². The highest BCUT2D eigenvalue weighted by Crippen LogP contribution is 2.31. The Morgan fingerprint density at radius 1 is 1.62 bits per heavy atom. The van der Waals surface area contributed by atoms with Gasteiger partial charge in [0, 0.05) is 17.1 Å². The van der Waals surface area contributed by atoms with Crippen LogP contribution >= 0.6 is 27.5 Å². The van der Waals surface area contributed by atoms with Crippen molar-refractivity contribution in [2.45, 2.75) is 0 Å². The standard InChI is InChI=1S/C10H8BrClFNO2/c11-7-4-6(13)5-8(12)10(7)14-3-1-2-9(15)16/h1-2,4-5,14H,3H2,(H,15,16)/b2-1+. The van der Waals surface area contributed by atoms with Gasteiger partial charge in [-0.25, -0.2) is 9.18 Å². The summed E-state index contributed by atoms with van der Waals surface area (Å²) in [5, 5.41) is 11.5. The Hall–Kier alpha value is -1.07. The van der Waals surface area contributed by atoms with Gasteiger partial charge in [0.05, 0.1) is 10.7 Å². The Labute approximate surface area is 105 Å². The van der Waals surface area contributed by atoms with Gasteiger partial charge in [0.1, 0.15) is 5.82 Å². The molecule has 16 heavy (non-hydrogen) atoms. The molecule has 86 valence electrons. The lowest BCUT2D eigenvalue weighted by molar-refractivity contribution is -0.131. The summed E-state index contributed by atoms with van der Waals surface area (Å²) in [4.78, 5) is 10.2. The molecule has 0 fully saturated rings. The lowest BCUT2D eigenvalue weighted by Crippen LogP contribution is -2.01. The van der Waals surface area contributed by atoms with Crippen molar-refractivity contribution >= 4 is 39.2 Å². The van der Waals surface area contributed by atoms with Crippen molar-refractivity contribution in [3.8, 4) is 0 Å². The van der Waals surface area contributed by atoms with Crippen LogP contribution in [0.5, 0.6) is 0 Å². The van der Waals surface area contributed by atoms with Gasteiger partial charge in [0.25, 0.3) is 0 Å². The van der Waals surface area contributed by atoms with E-state index < -0.39 is 11.8 Å². The highest BCUT2D eigenvalue weighted by molar-refractivity contribution is 9.10. The van der Waals surface area contributed by atoms with Gasteiger partial charge < -0.3 is 10.4 Å². The fraction of sp³-hybridized carbons (Fsp3) is 0.100. The van der Waals surface area contributed by atoms with Gasteiger partial charge >= 0.3 is 5.97 Å². The van der Waals surface area contributed by atoms with Gasteiger partial charge in [-0.1, -0.05) is 17.7 Å². The zero-order valence-corrected chi connectivity index (χ0v) is 10.3. The van der Waals surface area contributed by atoms with E-state index in [-0.39, 0.29) is 11.6 Å². The first-order valence-electron chi connectivity index (χ1n) is 4.28. The third kappa shape index (κ3) is 3.83. The maximum Gasteiger partial charge on any atom is 0.328 e. The Morgan fingerprint density at radius 3 is 2.88 bits per heavy atom. The van der Waals surface area contributed by atoms with Crippen LogP contribution in [-0.2, 0) is 4.79 Å². The van der Waals surface area contributed by atoms with E-state index in [0.29, 0.717) is 10.2 Å². The summed E-state index contributed by atoms with van der Waals surface area (Å²) < 4.78 is 13.4. The third-order valence-corrected chi connectivity index (χ3v) is 2.59. The fourth-order valence-corrected chi connectivity index (χ4v) is 1.99.